The first kappa shape index (κ1) is 14.8. The second-order valence-corrected chi connectivity index (χ2v) is 6.22. The van der Waals surface area contributed by atoms with Crippen LogP contribution < -0.4 is 0 Å². The summed E-state index contributed by atoms with van der Waals surface area (Å²) in [5.41, 5.74) is 0.552. The number of rotatable bonds is 2. The first-order valence-corrected chi connectivity index (χ1v) is 6.89. The van der Waals surface area contributed by atoms with Gasteiger partial charge in [0.2, 0.25) is 0 Å². The van der Waals surface area contributed by atoms with Gasteiger partial charge in [-0.05, 0) is 32.4 Å². The van der Waals surface area contributed by atoms with Gasteiger partial charge in [-0.2, -0.15) is 0 Å². The van der Waals surface area contributed by atoms with Gasteiger partial charge in [-0.15, -0.1) is 0 Å². The van der Waals surface area contributed by atoms with Crippen LogP contribution >= 0.6 is 0 Å². The molecule has 1 saturated heterocycles. The Morgan fingerprint density at radius 2 is 2.25 bits per heavy atom. The minimum atomic E-state index is -0.502. The molecule has 0 aromatic carbocycles. The van der Waals surface area contributed by atoms with Crippen molar-refractivity contribution in [3.8, 4) is 0 Å². The molecule has 0 unspecified atom stereocenters. The Bertz CT molecular complexity index is 456. The van der Waals surface area contributed by atoms with Gasteiger partial charge in [0, 0.05) is 43.9 Å². The molecular weight excluding hydrogens is 256 g/mol. The Balaban J connectivity index is 2.08. The van der Waals surface area contributed by atoms with Crippen LogP contribution in [0.25, 0.3) is 0 Å². The number of hydrogen-bond donors (Lipinski definition) is 1. The van der Waals surface area contributed by atoms with Gasteiger partial charge in [-0.3, -0.25) is 4.98 Å². The molecule has 1 aromatic rings. The number of carbonyl (C=O) groups excluding carboxylic acids is 1. The largest absolute Gasteiger partial charge is 0.444 e. The summed E-state index contributed by atoms with van der Waals surface area (Å²) in [4.78, 5) is 17.9. The lowest BCUT2D eigenvalue weighted by molar-refractivity contribution is 0.0283. The van der Waals surface area contributed by atoms with E-state index >= 15 is 0 Å². The number of carbonyl (C=O) groups is 1. The molecule has 2 rings (SSSR count). The predicted octanol–water partition coefficient (Wildman–Crippen LogP) is 2.02. The zero-order valence-electron chi connectivity index (χ0n) is 12.2. The maximum Gasteiger partial charge on any atom is 0.410 e. The van der Waals surface area contributed by atoms with Gasteiger partial charge in [-0.25, -0.2) is 4.79 Å². The van der Waals surface area contributed by atoms with E-state index in [-0.39, 0.29) is 24.5 Å². The highest BCUT2D eigenvalue weighted by Gasteiger charge is 2.37. The average molecular weight is 278 g/mol. The van der Waals surface area contributed by atoms with Crippen molar-refractivity contribution in [2.24, 2.45) is 5.92 Å². The maximum absolute atomic E-state index is 12.1. The molecule has 0 bridgehead atoms. The fourth-order valence-corrected chi connectivity index (χ4v) is 2.50. The molecular formula is C15H22N2O3. The molecule has 1 aliphatic heterocycles. The van der Waals surface area contributed by atoms with Gasteiger partial charge in [0.15, 0.2) is 0 Å². The Morgan fingerprint density at radius 3 is 2.80 bits per heavy atom. The van der Waals surface area contributed by atoms with Gasteiger partial charge >= 0.3 is 6.09 Å². The number of ether oxygens (including phenoxy) is 1. The van der Waals surface area contributed by atoms with Gasteiger partial charge in [0.1, 0.15) is 5.60 Å². The lowest BCUT2D eigenvalue weighted by Crippen LogP contribution is -2.35. The molecule has 1 aliphatic rings. The van der Waals surface area contributed by atoms with Crippen molar-refractivity contribution in [2.45, 2.75) is 32.3 Å². The first-order chi connectivity index (χ1) is 9.40. The van der Waals surface area contributed by atoms with E-state index < -0.39 is 5.60 Å². The number of aliphatic hydroxyl groups is 1. The molecule has 0 aliphatic carbocycles. The number of likely N-dealkylation sites (tertiary alicyclic amines) is 1. The molecule has 5 nitrogen and oxygen atoms in total. The van der Waals surface area contributed by atoms with E-state index in [1.807, 2.05) is 32.9 Å². The van der Waals surface area contributed by atoms with Crippen LogP contribution in [0.5, 0.6) is 0 Å². The fourth-order valence-electron chi connectivity index (χ4n) is 2.50. The summed E-state index contributed by atoms with van der Waals surface area (Å²) in [6, 6.07) is 3.86. The molecule has 0 saturated carbocycles. The summed E-state index contributed by atoms with van der Waals surface area (Å²) < 4.78 is 5.39. The summed E-state index contributed by atoms with van der Waals surface area (Å²) in [5.74, 6) is 0.146. The van der Waals surface area contributed by atoms with Gasteiger partial charge in [0.25, 0.3) is 0 Å². The van der Waals surface area contributed by atoms with Crippen molar-refractivity contribution in [3.63, 3.8) is 0 Å². The van der Waals surface area contributed by atoms with Crippen molar-refractivity contribution >= 4 is 6.09 Å². The van der Waals surface area contributed by atoms with Gasteiger partial charge in [0.05, 0.1) is 0 Å². The summed E-state index contributed by atoms with van der Waals surface area (Å²) in [6.45, 7) is 6.69. The zero-order valence-corrected chi connectivity index (χ0v) is 12.2. The van der Waals surface area contributed by atoms with E-state index in [1.165, 1.54) is 0 Å². The van der Waals surface area contributed by atoms with Crippen molar-refractivity contribution in [2.75, 3.05) is 19.7 Å². The number of aliphatic hydroxyl groups excluding tert-OH is 1. The van der Waals surface area contributed by atoms with Crippen LogP contribution in [0.1, 0.15) is 32.3 Å². The number of aromatic nitrogens is 1. The molecule has 5 heteroatoms. The third-order valence-corrected chi connectivity index (χ3v) is 3.44. The first-order valence-electron chi connectivity index (χ1n) is 6.89. The minimum Gasteiger partial charge on any atom is -0.444 e. The second kappa shape index (κ2) is 5.79. The van der Waals surface area contributed by atoms with Gasteiger partial charge in [-0.1, -0.05) is 6.07 Å². The van der Waals surface area contributed by atoms with E-state index in [1.54, 1.807) is 17.3 Å². The summed E-state index contributed by atoms with van der Waals surface area (Å²) in [6.07, 6.45) is 3.20. The molecule has 2 heterocycles. The zero-order chi connectivity index (χ0) is 14.8. The Morgan fingerprint density at radius 1 is 1.50 bits per heavy atom. The predicted molar refractivity (Wildman–Crippen MR) is 75.4 cm³/mol. The maximum atomic E-state index is 12.1. The third-order valence-electron chi connectivity index (χ3n) is 3.44. The van der Waals surface area contributed by atoms with Crippen LogP contribution in [0, 0.1) is 5.92 Å². The van der Waals surface area contributed by atoms with Crippen LogP contribution in [-0.4, -0.2) is 46.4 Å². The molecule has 1 N–H and O–H groups in total. The number of amides is 1. The Kier molecular flexibility index (Phi) is 4.28. The topological polar surface area (TPSA) is 62.7 Å². The average Bonchev–Trinajstić information content (AvgIpc) is 2.82. The highest BCUT2D eigenvalue weighted by Crippen LogP contribution is 2.32. The van der Waals surface area contributed by atoms with Crippen LogP contribution in [0.2, 0.25) is 0 Å². The highest BCUT2D eigenvalue weighted by molar-refractivity contribution is 5.68. The minimum absolute atomic E-state index is 0.0340. The molecule has 1 aromatic heterocycles. The lowest BCUT2D eigenvalue weighted by atomic mass is 9.91. The van der Waals surface area contributed by atoms with Crippen LogP contribution in [0.4, 0.5) is 4.79 Å². The SMILES string of the molecule is CC(C)(C)OC(=O)N1C[C@@H](CO)[C@H](c2cccnc2)C1. The van der Waals surface area contributed by atoms with E-state index in [2.05, 4.69) is 4.98 Å². The number of pyridine rings is 1. The normalized spacial score (nSPS) is 22.9. The molecule has 0 spiro atoms. The molecule has 2 atom stereocenters. The van der Waals surface area contributed by atoms with E-state index in [9.17, 15) is 9.90 Å². The Hall–Kier alpha value is -1.62. The Labute approximate surface area is 119 Å². The van der Waals surface area contributed by atoms with Crippen molar-refractivity contribution in [1.29, 1.82) is 0 Å². The molecule has 20 heavy (non-hydrogen) atoms. The van der Waals surface area contributed by atoms with E-state index in [0.29, 0.717) is 13.1 Å². The molecule has 0 radical (unpaired) electrons. The number of hydrogen-bond acceptors (Lipinski definition) is 4. The highest BCUT2D eigenvalue weighted by atomic mass is 16.6. The molecule has 1 fully saturated rings. The smallest absolute Gasteiger partial charge is 0.410 e. The monoisotopic (exact) mass is 278 g/mol. The second-order valence-electron chi connectivity index (χ2n) is 6.22. The van der Waals surface area contributed by atoms with Crippen molar-refractivity contribution < 1.29 is 14.6 Å². The molecule has 110 valence electrons. The summed E-state index contributed by atoms with van der Waals surface area (Å²) in [5, 5.41) is 9.53. The quantitative estimate of drug-likeness (QED) is 0.899. The lowest BCUT2D eigenvalue weighted by Gasteiger charge is -2.24. The van der Waals surface area contributed by atoms with Crippen molar-refractivity contribution in [3.05, 3.63) is 30.1 Å². The number of nitrogens with zero attached hydrogens (tertiary/aromatic N) is 2. The van der Waals surface area contributed by atoms with Gasteiger partial charge < -0.3 is 14.7 Å². The van der Waals surface area contributed by atoms with E-state index in [0.717, 1.165) is 5.56 Å². The fraction of sp³-hybridized carbons (Fsp3) is 0.600. The standard InChI is InChI=1S/C15H22N2O3/c1-15(2,3)20-14(19)17-8-12(10-18)13(9-17)11-5-4-6-16-7-11/h4-7,12-13,18H,8-10H2,1-3H3/t12-,13-/m0/s1. The van der Waals surface area contributed by atoms with Crippen LogP contribution in [0.3, 0.4) is 0 Å². The third kappa shape index (κ3) is 3.48. The van der Waals surface area contributed by atoms with Crippen LogP contribution in [-0.2, 0) is 4.74 Å². The summed E-state index contributed by atoms with van der Waals surface area (Å²) in [7, 11) is 0. The van der Waals surface area contributed by atoms with E-state index in [4.69, 9.17) is 4.74 Å². The molecule has 1 amide bonds. The summed E-state index contributed by atoms with van der Waals surface area (Å²) >= 11 is 0. The van der Waals surface area contributed by atoms with Crippen molar-refractivity contribution in [1.82, 2.24) is 9.88 Å². The van der Waals surface area contributed by atoms with Crippen LogP contribution in [0.15, 0.2) is 24.5 Å².